The molecule has 0 radical (unpaired) electrons. The van der Waals surface area contributed by atoms with Crippen LogP contribution in [0.15, 0.2) is 12.1 Å². The zero-order valence-corrected chi connectivity index (χ0v) is 20.5. The molecule has 2 aliphatic carbocycles. The Kier molecular flexibility index (Phi) is 6.59. The number of esters is 1. The average molecular weight is 478 g/mol. The monoisotopic (exact) mass is 477 g/mol. The second-order valence-electron chi connectivity index (χ2n) is 10.1. The van der Waals surface area contributed by atoms with E-state index in [9.17, 15) is 14.7 Å². The predicted molar refractivity (Wildman–Crippen MR) is 123 cm³/mol. The van der Waals surface area contributed by atoms with Crippen LogP contribution in [0.5, 0.6) is 17.2 Å². The quantitative estimate of drug-likeness (QED) is 0.596. The fraction of sp³-hybridized carbons (Fsp3) is 0.680. The summed E-state index contributed by atoms with van der Waals surface area (Å²) in [5.41, 5.74) is -0.344. The summed E-state index contributed by atoms with van der Waals surface area (Å²) in [5, 5.41) is 13.3. The molecule has 1 aliphatic heterocycles. The van der Waals surface area contributed by atoms with Crippen LogP contribution in [-0.4, -0.2) is 57.3 Å². The number of fused-ring (bicyclic) bond motifs is 3. The molecule has 0 spiro atoms. The Bertz CT molecular complexity index is 926. The summed E-state index contributed by atoms with van der Waals surface area (Å²) in [6.07, 6.45) is 2.29. The number of carbonyl (C=O) groups is 2. The van der Waals surface area contributed by atoms with E-state index in [1.807, 2.05) is 6.92 Å². The summed E-state index contributed by atoms with van der Waals surface area (Å²) in [5.74, 6) is 1.36. The van der Waals surface area contributed by atoms with E-state index in [-0.39, 0.29) is 35.9 Å². The molecule has 9 heteroatoms. The molecule has 1 amide bonds. The molecule has 1 aromatic carbocycles. The maximum atomic E-state index is 12.9. The Labute approximate surface area is 200 Å². The molecule has 9 nitrogen and oxygen atoms in total. The van der Waals surface area contributed by atoms with Crippen LogP contribution in [0.4, 0.5) is 10.5 Å². The van der Waals surface area contributed by atoms with Gasteiger partial charge in [-0.3, -0.25) is 10.1 Å². The Morgan fingerprint density at radius 2 is 1.79 bits per heavy atom. The van der Waals surface area contributed by atoms with Crippen LogP contribution in [-0.2, 0) is 14.3 Å². The molecule has 3 aliphatic rings. The molecule has 2 N–H and O–H groups in total. The summed E-state index contributed by atoms with van der Waals surface area (Å²) in [4.78, 5) is 24.9. The van der Waals surface area contributed by atoms with Crippen molar-refractivity contribution < 1.29 is 38.4 Å². The lowest BCUT2D eigenvalue weighted by Crippen LogP contribution is -2.59. The molecule has 188 valence electrons. The molecule has 1 aromatic rings. The van der Waals surface area contributed by atoms with Gasteiger partial charge in [0.1, 0.15) is 12.2 Å². The minimum atomic E-state index is -0.629. The van der Waals surface area contributed by atoms with Crippen LogP contribution in [0.2, 0.25) is 0 Å². The molecular formula is C25H35NO8. The number of nitrogens with one attached hydrogen (secondary N) is 1. The molecule has 1 saturated heterocycles. The van der Waals surface area contributed by atoms with Gasteiger partial charge in [0.25, 0.3) is 0 Å². The van der Waals surface area contributed by atoms with Gasteiger partial charge in [0.2, 0.25) is 5.75 Å². The van der Waals surface area contributed by atoms with Crippen molar-refractivity contribution >= 4 is 17.7 Å². The van der Waals surface area contributed by atoms with Crippen molar-refractivity contribution in [1.29, 1.82) is 0 Å². The van der Waals surface area contributed by atoms with Gasteiger partial charge in [0, 0.05) is 23.5 Å². The largest absolute Gasteiger partial charge is 0.493 e. The van der Waals surface area contributed by atoms with E-state index in [0.717, 1.165) is 19.3 Å². The van der Waals surface area contributed by atoms with Gasteiger partial charge in [0.15, 0.2) is 11.5 Å². The highest BCUT2D eigenvalue weighted by atomic mass is 16.6. The number of ether oxygens (including phenoxy) is 5. The van der Waals surface area contributed by atoms with Crippen LogP contribution < -0.4 is 19.5 Å². The zero-order valence-electron chi connectivity index (χ0n) is 20.5. The number of benzene rings is 1. The molecule has 6 atom stereocenters. The first-order valence-electron chi connectivity index (χ1n) is 11.8. The summed E-state index contributed by atoms with van der Waals surface area (Å²) >= 11 is 0. The van der Waals surface area contributed by atoms with Crippen LogP contribution in [0.1, 0.15) is 46.0 Å². The summed E-state index contributed by atoms with van der Waals surface area (Å²) in [7, 11) is 4.51. The first-order chi connectivity index (χ1) is 16.2. The minimum Gasteiger partial charge on any atom is -0.493 e. The highest BCUT2D eigenvalue weighted by Gasteiger charge is 2.62. The van der Waals surface area contributed by atoms with E-state index >= 15 is 0 Å². The molecule has 0 unspecified atom stereocenters. The molecule has 2 saturated carbocycles. The Balaban J connectivity index is 1.51. The number of methoxy groups -OCH3 is 3. The van der Waals surface area contributed by atoms with Crippen LogP contribution in [0.25, 0.3) is 0 Å². The van der Waals surface area contributed by atoms with Crippen molar-refractivity contribution in [1.82, 2.24) is 0 Å². The van der Waals surface area contributed by atoms with E-state index in [2.05, 4.69) is 12.2 Å². The lowest BCUT2D eigenvalue weighted by atomic mass is 9.46. The van der Waals surface area contributed by atoms with Crippen molar-refractivity contribution in [3.05, 3.63) is 12.1 Å². The first-order valence-corrected chi connectivity index (χ1v) is 11.8. The molecule has 0 aromatic heterocycles. The minimum absolute atomic E-state index is 0.0440. The lowest BCUT2D eigenvalue weighted by molar-refractivity contribution is -0.174. The molecule has 4 rings (SSSR count). The number of anilines is 1. The predicted octanol–water partition coefficient (Wildman–Crippen LogP) is 3.77. The summed E-state index contributed by atoms with van der Waals surface area (Å²) < 4.78 is 27.5. The second kappa shape index (κ2) is 9.17. The van der Waals surface area contributed by atoms with E-state index in [1.54, 1.807) is 12.1 Å². The number of aliphatic hydroxyl groups is 1. The zero-order chi connectivity index (χ0) is 24.7. The van der Waals surface area contributed by atoms with Gasteiger partial charge in [-0.25, -0.2) is 4.79 Å². The Hall–Kier alpha value is -2.68. The van der Waals surface area contributed by atoms with Gasteiger partial charge in [0.05, 0.1) is 40.0 Å². The van der Waals surface area contributed by atoms with Gasteiger partial charge in [-0.15, -0.1) is 0 Å². The number of aliphatic hydroxyl groups excluding tert-OH is 1. The molecule has 34 heavy (non-hydrogen) atoms. The third-order valence-corrected chi connectivity index (χ3v) is 8.48. The third kappa shape index (κ3) is 3.93. The second-order valence-corrected chi connectivity index (χ2v) is 10.1. The van der Waals surface area contributed by atoms with E-state index < -0.39 is 17.6 Å². The SMILES string of the molecule is COc1cc(NC(=O)O[C@@H]2CC[C@]3(C)[C@H](CC[C@H]4OC(=O)C[C@H]43)[C@]2(C)CO)cc(OC)c1OC. The fourth-order valence-electron chi connectivity index (χ4n) is 6.72. The standard InChI is InChI=1S/C25H35NO8/c1-24-9-8-20(25(2,13-27)19(24)7-6-16-15(24)12-21(28)33-16)34-23(29)26-14-10-17(30-3)22(32-5)18(11-14)31-4/h10-11,15-16,19-20,27H,6-9,12-13H2,1-5H3,(H,26,29)/t15-,16-,19+,20-,24+,25+/m1/s1. The maximum absolute atomic E-state index is 12.9. The van der Waals surface area contributed by atoms with Crippen LogP contribution in [0, 0.1) is 22.7 Å². The molecule has 0 bridgehead atoms. The number of hydrogen-bond donors (Lipinski definition) is 2. The van der Waals surface area contributed by atoms with Crippen LogP contribution in [0.3, 0.4) is 0 Å². The number of carbonyl (C=O) groups excluding carboxylic acids is 2. The number of amides is 1. The highest BCUT2D eigenvalue weighted by Crippen LogP contribution is 2.62. The average Bonchev–Trinajstić information content (AvgIpc) is 3.22. The Morgan fingerprint density at radius 1 is 1.12 bits per heavy atom. The topological polar surface area (TPSA) is 113 Å². The maximum Gasteiger partial charge on any atom is 0.411 e. The van der Waals surface area contributed by atoms with Gasteiger partial charge in [-0.05, 0) is 37.0 Å². The molecule has 3 fully saturated rings. The first kappa shape index (κ1) is 24.4. The third-order valence-electron chi connectivity index (χ3n) is 8.48. The number of hydrogen-bond acceptors (Lipinski definition) is 8. The fourth-order valence-corrected chi connectivity index (χ4v) is 6.72. The summed E-state index contributed by atoms with van der Waals surface area (Å²) in [6, 6.07) is 3.26. The van der Waals surface area contributed by atoms with E-state index in [4.69, 9.17) is 23.7 Å². The smallest absolute Gasteiger partial charge is 0.411 e. The van der Waals surface area contributed by atoms with Gasteiger partial charge >= 0.3 is 12.1 Å². The van der Waals surface area contributed by atoms with Gasteiger partial charge in [-0.1, -0.05) is 13.8 Å². The van der Waals surface area contributed by atoms with Crippen molar-refractivity contribution in [2.75, 3.05) is 33.3 Å². The van der Waals surface area contributed by atoms with E-state index in [0.29, 0.717) is 35.8 Å². The molecular weight excluding hydrogens is 442 g/mol. The van der Waals surface area contributed by atoms with Crippen molar-refractivity contribution in [2.24, 2.45) is 22.7 Å². The van der Waals surface area contributed by atoms with Crippen molar-refractivity contribution in [2.45, 2.75) is 58.2 Å². The number of rotatable bonds is 6. The normalized spacial score (nSPS) is 34.4. The Morgan fingerprint density at radius 3 is 2.38 bits per heavy atom. The van der Waals surface area contributed by atoms with Crippen molar-refractivity contribution in [3.63, 3.8) is 0 Å². The van der Waals surface area contributed by atoms with Crippen molar-refractivity contribution in [3.8, 4) is 17.2 Å². The van der Waals surface area contributed by atoms with Gasteiger partial charge in [-0.2, -0.15) is 0 Å². The van der Waals surface area contributed by atoms with Gasteiger partial charge < -0.3 is 28.8 Å². The molecule has 1 heterocycles. The summed E-state index contributed by atoms with van der Waals surface area (Å²) in [6.45, 7) is 4.09. The highest BCUT2D eigenvalue weighted by molar-refractivity contribution is 5.86. The van der Waals surface area contributed by atoms with E-state index in [1.165, 1.54) is 21.3 Å². The lowest BCUT2D eigenvalue weighted by Gasteiger charge is -2.59. The van der Waals surface area contributed by atoms with Crippen LogP contribution >= 0.6 is 0 Å².